The van der Waals surface area contributed by atoms with E-state index in [0.717, 1.165) is 6.42 Å². The zero-order valence-corrected chi connectivity index (χ0v) is 7.41. The van der Waals surface area contributed by atoms with Crippen LogP contribution in [0.3, 0.4) is 0 Å². The topological polar surface area (TPSA) is 17.8 Å². The number of fused-ring (bicyclic) bond motifs is 1. The second-order valence-electron chi connectivity index (χ2n) is 3.01. The molecule has 0 saturated heterocycles. The summed E-state index contributed by atoms with van der Waals surface area (Å²) in [4.78, 5) is 0. The highest BCUT2D eigenvalue weighted by Crippen LogP contribution is 2.14. The van der Waals surface area contributed by atoms with Crippen LogP contribution in [0.15, 0.2) is 24.4 Å². The number of nitrogens with zero attached hydrogens (tertiary/aromatic N) is 2. The van der Waals surface area contributed by atoms with Crippen LogP contribution in [0, 0.1) is 0 Å². The van der Waals surface area contributed by atoms with Crippen molar-refractivity contribution in [2.24, 2.45) is 7.05 Å². The Bertz CT molecular complexity index is 401. The van der Waals surface area contributed by atoms with Gasteiger partial charge in [-0.3, -0.25) is 4.68 Å². The molecular formula is C10H12N2. The molecule has 1 aromatic heterocycles. The average Bonchev–Trinajstić information content (AvgIpc) is 2.47. The summed E-state index contributed by atoms with van der Waals surface area (Å²) >= 11 is 0. The summed E-state index contributed by atoms with van der Waals surface area (Å²) in [6.45, 7) is 2.16. The van der Waals surface area contributed by atoms with Crippen molar-refractivity contribution in [1.29, 1.82) is 0 Å². The maximum atomic E-state index is 4.19. The lowest BCUT2D eigenvalue weighted by Gasteiger charge is -1.96. The van der Waals surface area contributed by atoms with Gasteiger partial charge in [0, 0.05) is 12.4 Å². The predicted molar refractivity (Wildman–Crippen MR) is 50.1 cm³/mol. The van der Waals surface area contributed by atoms with E-state index < -0.39 is 0 Å². The molecular weight excluding hydrogens is 148 g/mol. The first-order valence-electron chi connectivity index (χ1n) is 4.22. The first kappa shape index (κ1) is 7.35. The van der Waals surface area contributed by atoms with Crippen LogP contribution in [0.4, 0.5) is 0 Å². The van der Waals surface area contributed by atoms with Gasteiger partial charge in [-0.25, -0.2) is 0 Å². The van der Waals surface area contributed by atoms with Gasteiger partial charge in [-0.2, -0.15) is 5.10 Å². The van der Waals surface area contributed by atoms with Crippen molar-refractivity contribution in [3.8, 4) is 0 Å². The van der Waals surface area contributed by atoms with Crippen molar-refractivity contribution in [3.63, 3.8) is 0 Å². The summed E-state index contributed by atoms with van der Waals surface area (Å²) in [5.41, 5.74) is 2.57. The number of benzene rings is 1. The summed E-state index contributed by atoms with van der Waals surface area (Å²) in [7, 11) is 1.97. The highest BCUT2D eigenvalue weighted by atomic mass is 15.2. The fourth-order valence-electron chi connectivity index (χ4n) is 1.43. The minimum atomic E-state index is 1.09. The Balaban J connectivity index is 2.69. The van der Waals surface area contributed by atoms with Gasteiger partial charge in [0.2, 0.25) is 0 Å². The van der Waals surface area contributed by atoms with E-state index in [1.165, 1.54) is 16.5 Å². The number of rotatable bonds is 1. The molecule has 0 saturated carbocycles. The van der Waals surface area contributed by atoms with Gasteiger partial charge in [0.05, 0.1) is 11.7 Å². The minimum Gasteiger partial charge on any atom is -0.268 e. The van der Waals surface area contributed by atoms with Gasteiger partial charge in [-0.15, -0.1) is 0 Å². The van der Waals surface area contributed by atoms with E-state index in [-0.39, 0.29) is 0 Å². The lowest BCUT2D eigenvalue weighted by atomic mass is 10.1. The second kappa shape index (κ2) is 2.63. The molecule has 0 unspecified atom stereocenters. The van der Waals surface area contributed by atoms with Gasteiger partial charge in [0.25, 0.3) is 0 Å². The predicted octanol–water partition coefficient (Wildman–Crippen LogP) is 2.14. The summed E-state index contributed by atoms with van der Waals surface area (Å²) in [5.74, 6) is 0. The molecule has 0 radical (unpaired) electrons. The van der Waals surface area contributed by atoms with Gasteiger partial charge in [-0.05, 0) is 24.1 Å². The first-order chi connectivity index (χ1) is 5.81. The minimum absolute atomic E-state index is 1.09. The summed E-state index contributed by atoms with van der Waals surface area (Å²) in [6, 6.07) is 6.48. The Morgan fingerprint density at radius 3 is 3.00 bits per heavy atom. The standard InChI is InChI=1S/C10H12N2/c1-3-8-4-5-10-9(6-8)7-11-12(10)2/h4-7H,3H2,1-2H3. The summed E-state index contributed by atoms with van der Waals surface area (Å²) < 4.78 is 1.90. The van der Waals surface area contributed by atoms with Gasteiger partial charge in [0.15, 0.2) is 0 Å². The third-order valence-corrected chi connectivity index (χ3v) is 2.22. The summed E-state index contributed by atoms with van der Waals surface area (Å²) in [5, 5.41) is 5.42. The van der Waals surface area contributed by atoms with Crippen molar-refractivity contribution in [2.45, 2.75) is 13.3 Å². The van der Waals surface area contributed by atoms with E-state index >= 15 is 0 Å². The largest absolute Gasteiger partial charge is 0.268 e. The van der Waals surface area contributed by atoms with Gasteiger partial charge in [0.1, 0.15) is 0 Å². The zero-order chi connectivity index (χ0) is 8.55. The molecule has 12 heavy (non-hydrogen) atoms. The van der Waals surface area contributed by atoms with Crippen LogP contribution in [-0.2, 0) is 13.5 Å². The molecule has 0 spiro atoms. The molecule has 0 aliphatic carbocycles. The Morgan fingerprint density at radius 1 is 1.42 bits per heavy atom. The van der Waals surface area contributed by atoms with Crippen molar-refractivity contribution >= 4 is 10.9 Å². The van der Waals surface area contributed by atoms with E-state index in [1.807, 2.05) is 17.9 Å². The molecule has 0 N–H and O–H groups in total. The molecule has 0 bridgehead atoms. The maximum Gasteiger partial charge on any atom is 0.0679 e. The molecule has 1 heterocycles. The molecule has 2 heteroatoms. The number of aryl methyl sites for hydroxylation is 2. The molecule has 0 amide bonds. The van der Waals surface area contributed by atoms with Crippen LogP contribution < -0.4 is 0 Å². The molecule has 2 nitrogen and oxygen atoms in total. The van der Waals surface area contributed by atoms with Crippen molar-refractivity contribution < 1.29 is 0 Å². The molecule has 1 aromatic carbocycles. The van der Waals surface area contributed by atoms with Gasteiger partial charge in [-0.1, -0.05) is 13.0 Å². The van der Waals surface area contributed by atoms with Gasteiger partial charge >= 0.3 is 0 Å². The molecule has 0 fully saturated rings. The lowest BCUT2D eigenvalue weighted by Crippen LogP contribution is -1.88. The highest BCUT2D eigenvalue weighted by molar-refractivity contribution is 5.79. The van der Waals surface area contributed by atoms with Crippen LogP contribution in [0.2, 0.25) is 0 Å². The van der Waals surface area contributed by atoms with Crippen molar-refractivity contribution in [3.05, 3.63) is 30.0 Å². The molecule has 0 atom stereocenters. The van der Waals surface area contributed by atoms with Gasteiger partial charge < -0.3 is 0 Å². The lowest BCUT2D eigenvalue weighted by molar-refractivity contribution is 0.797. The third kappa shape index (κ3) is 0.998. The maximum absolute atomic E-state index is 4.19. The molecule has 0 aliphatic heterocycles. The van der Waals surface area contributed by atoms with E-state index in [4.69, 9.17) is 0 Å². The number of hydrogen-bond acceptors (Lipinski definition) is 1. The molecule has 62 valence electrons. The number of aromatic nitrogens is 2. The fourth-order valence-corrected chi connectivity index (χ4v) is 1.43. The smallest absolute Gasteiger partial charge is 0.0679 e. The normalized spacial score (nSPS) is 10.8. The Kier molecular flexibility index (Phi) is 1.61. The van der Waals surface area contributed by atoms with Crippen LogP contribution in [0.1, 0.15) is 12.5 Å². The second-order valence-corrected chi connectivity index (χ2v) is 3.01. The molecule has 2 rings (SSSR count). The van der Waals surface area contributed by atoms with Crippen LogP contribution in [0.25, 0.3) is 10.9 Å². The fraction of sp³-hybridized carbons (Fsp3) is 0.300. The Morgan fingerprint density at radius 2 is 2.25 bits per heavy atom. The van der Waals surface area contributed by atoms with E-state index in [9.17, 15) is 0 Å². The highest BCUT2D eigenvalue weighted by Gasteiger charge is 1.98. The molecule has 0 aliphatic rings. The van der Waals surface area contributed by atoms with Crippen molar-refractivity contribution in [2.75, 3.05) is 0 Å². The zero-order valence-electron chi connectivity index (χ0n) is 7.41. The van der Waals surface area contributed by atoms with Crippen LogP contribution in [0.5, 0.6) is 0 Å². The summed E-state index contributed by atoms with van der Waals surface area (Å²) in [6.07, 6.45) is 3.00. The quantitative estimate of drug-likeness (QED) is 0.625. The SMILES string of the molecule is CCc1ccc2c(cnn2C)c1. The third-order valence-electron chi connectivity index (χ3n) is 2.22. The average molecular weight is 160 g/mol. The van der Waals surface area contributed by atoms with Crippen LogP contribution >= 0.6 is 0 Å². The Labute approximate surface area is 71.8 Å². The Hall–Kier alpha value is -1.31. The number of hydrogen-bond donors (Lipinski definition) is 0. The first-order valence-corrected chi connectivity index (χ1v) is 4.22. The monoisotopic (exact) mass is 160 g/mol. The van der Waals surface area contributed by atoms with E-state index in [0.29, 0.717) is 0 Å². The van der Waals surface area contributed by atoms with Crippen molar-refractivity contribution in [1.82, 2.24) is 9.78 Å². The van der Waals surface area contributed by atoms with Crippen LogP contribution in [-0.4, -0.2) is 9.78 Å². The van der Waals surface area contributed by atoms with E-state index in [1.54, 1.807) is 0 Å². The van der Waals surface area contributed by atoms with E-state index in [2.05, 4.69) is 30.2 Å². The molecule has 2 aromatic rings.